The van der Waals surface area contributed by atoms with E-state index in [0.29, 0.717) is 11.2 Å². The average molecular weight is 280 g/mol. The number of alkyl halides is 3. The highest BCUT2D eigenvalue weighted by molar-refractivity contribution is 6.28. The van der Waals surface area contributed by atoms with E-state index in [2.05, 4.69) is 25.3 Å². The molecule has 0 saturated carbocycles. The van der Waals surface area contributed by atoms with Crippen LogP contribution in [-0.2, 0) is 0 Å². The molecule has 0 bridgehead atoms. The van der Waals surface area contributed by atoms with E-state index in [-0.39, 0.29) is 11.1 Å². The molecule has 0 spiro atoms. The summed E-state index contributed by atoms with van der Waals surface area (Å²) in [4.78, 5) is 14.3. The van der Waals surface area contributed by atoms with Gasteiger partial charge in [0, 0.05) is 6.04 Å². The summed E-state index contributed by atoms with van der Waals surface area (Å²) in [6.45, 7) is 1.41. The molecule has 2 aromatic heterocycles. The number of rotatable bonds is 3. The van der Waals surface area contributed by atoms with Crippen LogP contribution in [0, 0.1) is 0 Å². The van der Waals surface area contributed by atoms with Gasteiger partial charge in [-0.25, -0.2) is 4.98 Å². The summed E-state index contributed by atoms with van der Waals surface area (Å²) in [5.41, 5.74) is 0.727. The first-order valence-corrected chi connectivity index (χ1v) is 5.43. The van der Waals surface area contributed by atoms with Crippen LogP contribution in [0.4, 0.5) is 19.0 Å². The number of hydrogen-bond donors (Lipinski definition) is 2. The van der Waals surface area contributed by atoms with Gasteiger partial charge in [0.2, 0.25) is 5.28 Å². The molecule has 0 aliphatic rings. The van der Waals surface area contributed by atoms with Gasteiger partial charge in [-0.1, -0.05) is 0 Å². The number of hydrogen-bond acceptors (Lipinski definition) is 4. The van der Waals surface area contributed by atoms with E-state index in [1.54, 1.807) is 0 Å². The number of fused-ring (bicyclic) bond motifs is 1. The Kier molecular flexibility index (Phi) is 3.29. The van der Waals surface area contributed by atoms with Gasteiger partial charge in [-0.15, -0.1) is 0 Å². The van der Waals surface area contributed by atoms with Crippen LogP contribution in [0.5, 0.6) is 0 Å². The lowest BCUT2D eigenvalue weighted by Crippen LogP contribution is -2.24. The van der Waals surface area contributed by atoms with Gasteiger partial charge in [0.15, 0.2) is 11.5 Å². The second-order valence-electron chi connectivity index (χ2n) is 3.81. The van der Waals surface area contributed by atoms with Crippen molar-refractivity contribution in [1.82, 2.24) is 19.9 Å². The second kappa shape index (κ2) is 4.60. The molecule has 0 saturated heterocycles. The fourth-order valence-electron chi connectivity index (χ4n) is 1.54. The van der Waals surface area contributed by atoms with Gasteiger partial charge in [0.1, 0.15) is 5.52 Å². The van der Waals surface area contributed by atoms with E-state index in [1.165, 1.54) is 13.3 Å². The Labute approximate surface area is 105 Å². The zero-order chi connectivity index (χ0) is 13.3. The summed E-state index contributed by atoms with van der Waals surface area (Å²) in [5.74, 6) is 0.208. The molecule has 98 valence electrons. The van der Waals surface area contributed by atoms with E-state index in [1.807, 2.05) is 0 Å². The zero-order valence-corrected chi connectivity index (χ0v) is 9.97. The number of H-pyrrole nitrogens is 1. The lowest BCUT2D eigenvalue weighted by atomic mass is 10.2. The van der Waals surface area contributed by atoms with E-state index in [4.69, 9.17) is 11.6 Å². The topological polar surface area (TPSA) is 66.5 Å². The van der Waals surface area contributed by atoms with E-state index in [9.17, 15) is 13.2 Å². The SMILES string of the molecule is CC(CC(F)(F)F)Nc1nc(Cl)nc2nc[nH]c12. The molecule has 0 aromatic carbocycles. The maximum Gasteiger partial charge on any atom is 0.391 e. The fourth-order valence-corrected chi connectivity index (χ4v) is 1.71. The molecule has 2 rings (SSSR count). The van der Waals surface area contributed by atoms with E-state index in [0.717, 1.165) is 0 Å². The van der Waals surface area contributed by atoms with Gasteiger partial charge in [-0.3, -0.25) is 0 Å². The predicted octanol–water partition coefficient (Wildman–Crippen LogP) is 2.76. The molecule has 5 nitrogen and oxygen atoms in total. The van der Waals surface area contributed by atoms with Crippen molar-refractivity contribution in [1.29, 1.82) is 0 Å². The minimum Gasteiger partial charge on any atom is -0.365 e. The molecule has 0 aliphatic carbocycles. The summed E-state index contributed by atoms with van der Waals surface area (Å²) in [5, 5.41) is 2.57. The quantitative estimate of drug-likeness (QED) is 0.848. The second-order valence-corrected chi connectivity index (χ2v) is 4.15. The molecule has 2 aromatic rings. The van der Waals surface area contributed by atoms with Crippen LogP contribution in [0.2, 0.25) is 5.28 Å². The number of aromatic nitrogens is 4. The Morgan fingerprint density at radius 3 is 2.83 bits per heavy atom. The summed E-state index contributed by atoms with van der Waals surface area (Å²) in [6.07, 6.45) is -3.84. The fraction of sp³-hybridized carbons (Fsp3) is 0.444. The van der Waals surface area contributed by atoms with Crippen molar-refractivity contribution >= 4 is 28.6 Å². The van der Waals surface area contributed by atoms with Crippen molar-refractivity contribution in [2.75, 3.05) is 5.32 Å². The summed E-state index contributed by atoms with van der Waals surface area (Å²) < 4.78 is 36.7. The molecule has 2 N–H and O–H groups in total. The first-order valence-electron chi connectivity index (χ1n) is 5.05. The first kappa shape index (κ1) is 12.9. The Balaban J connectivity index is 2.23. The van der Waals surface area contributed by atoms with Gasteiger partial charge in [-0.05, 0) is 18.5 Å². The Hall–Kier alpha value is -1.57. The van der Waals surface area contributed by atoms with Crippen LogP contribution < -0.4 is 5.32 Å². The zero-order valence-electron chi connectivity index (χ0n) is 9.22. The lowest BCUT2D eigenvalue weighted by molar-refractivity contribution is -0.136. The molecule has 0 aliphatic heterocycles. The molecule has 0 radical (unpaired) electrons. The van der Waals surface area contributed by atoms with Crippen LogP contribution in [-0.4, -0.2) is 32.2 Å². The van der Waals surface area contributed by atoms with Gasteiger partial charge < -0.3 is 10.3 Å². The number of halogens is 4. The average Bonchev–Trinajstić information content (AvgIpc) is 2.61. The van der Waals surface area contributed by atoms with Gasteiger partial charge >= 0.3 is 6.18 Å². The number of anilines is 1. The van der Waals surface area contributed by atoms with Crippen molar-refractivity contribution in [3.63, 3.8) is 0 Å². The standard InChI is InChI=1S/C9H9ClF3N5/c1-4(2-9(11,12)13)16-7-5-6(15-3-14-5)17-8(10)18-7/h3-4H,2H2,1H3,(H2,14,15,16,17,18). The highest BCUT2D eigenvalue weighted by Crippen LogP contribution is 2.25. The third kappa shape index (κ3) is 3.00. The van der Waals surface area contributed by atoms with Crippen LogP contribution in [0.3, 0.4) is 0 Å². The van der Waals surface area contributed by atoms with Crippen molar-refractivity contribution < 1.29 is 13.2 Å². The van der Waals surface area contributed by atoms with Crippen LogP contribution in [0.25, 0.3) is 11.2 Å². The van der Waals surface area contributed by atoms with Crippen molar-refractivity contribution in [2.45, 2.75) is 25.6 Å². The van der Waals surface area contributed by atoms with Gasteiger partial charge in [0.05, 0.1) is 12.7 Å². The number of nitrogens with one attached hydrogen (secondary N) is 2. The molecule has 1 unspecified atom stereocenters. The Morgan fingerprint density at radius 2 is 2.17 bits per heavy atom. The highest BCUT2D eigenvalue weighted by Gasteiger charge is 2.30. The van der Waals surface area contributed by atoms with Crippen LogP contribution >= 0.6 is 11.6 Å². The molecule has 9 heteroatoms. The minimum absolute atomic E-state index is 0.0729. The first-order chi connectivity index (χ1) is 8.35. The summed E-state index contributed by atoms with van der Waals surface area (Å²) >= 11 is 5.66. The number of imidazole rings is 1. The Morgan fingerprint density at radius 1 is 1.44 bits per heavy atom. The molecule has 18 heavy (non-hydrogen) atoms. The van der Waals surface area contributed by atoms with Crippen molar-refractivity contribution in [3.05, 3.63) is 11.6 Å². The minimum atomic E-state index is -4.24. The molecule has 1 atom stereocenters. The molecule has 0 fully saturated rings. The van der Waals surface area contributed by atoms with E-state index >= 15 is 0 Å². The Bertz CT molecular complexity index is 553. The van der Waals surface area contributed by atoms with Crippen LogP contribution in [0.1, 0.15) is 13.3 Å². The lowest BCUT2D eigenvalue weighted by Gasteiger charge is -2.16. The maximum absolute atomic E-state index is 12.2. The maximum atomic E-state index is 12.2. The monoisotopic (exact) mass is 279 g/mol. The van der Waals surface area contributed by atoms with Crippen molar-refractivity contribution in [3.8, 4) is 0 Å². The normalized spacial score (nSPS) is 13.8. The van der Waals surface area contributed by atoms with E-state index < -0.39 is 18.6 Å². The highest BCUT2D eigenvalue weighted by atomic mass is 35.5. The smallest absolute Gasteiger partial charge is 0.365 e. The van der Waals surface area contributed by atoms with Gasteiger partial charge in [0.25, 0.3) is 0 Å². The van der Waals surface area contributed by atoms with Crippen LogP contribution in [0.15, 0.2) is 6.33 Å². The third-order valence-corrected chi connectivity index (χ3v) is 2.35. The predicted molar refractivity (Wildman–Crippen MR) is 60.5 cm³/mol. The number of nitrogens with zero attached hydrogens (tertiary/aromatic N) is 3. The molecular weight excluding hydrogens is 271 g/mol. The van der Waals surface area contributed by atoms with Crippen molar-refractivity contribution in [2.24, 2.45) is 0 Å². The summed E-state index contributed by atoms with van der Waals surface area (Å²) in [7, 11) is 0. The van der Waals surface area contributed by atoms with Gasteiger partial charge in [-0.2, -0.15) is 23.1 Å². The largest absolute Gasteiger partial charge is 0.391 e. The molecular formula is C9H9ClF3N5. The third-order valence-electron chi connectivity index (χ3n) is 2.18. The molecule has 2 heterocycles. The molecule has 0 amide bonds. The number of aromatic amines is 1. The summed E-state index contributed by atoms with van der Waals surface area (Å²) in [6, 6.07) is -0.831.